The quantitative estimate of drug-likeness (QED) is 0.731. The van der Waals surface area contributed by atoms with Crippen molar-refractivity contribution in [2.45, 2.75) is 24.2 Å². The van der Waals surface area contributed by atoms with E-state index < -0.39 is 0 Å². The van der Waals surface area contributed by atoms with E-state index in [1.807, 2.05) is 18.2 Å². The molecular formula is C12H14BrCl2N. The summed E-state index contributed by atoms with van der Waals surface area (Å²) in [6.45, 7) is 3.05. The van der Waals surface area contributed by atoms with E-state index in [1.165, 1.54) is 12.8 Å². The highest BCUT2D eigenvalue weighted by atomic mass is 79.9. The standard InChI is InChI=1S/C12H14BrCl2N/c13-9-3-2-6-16(7-9)8-10-11(14)4-1-5-12(10)15/h1,4-5,9H,2-3,6-8H2. The van der Waals surface area contributed by atoms with E-state index >= 15 is 0 Å². The van der Waals surface area contributed by atoms with Crippen LogP contribution in [0.25, 0.3) is 0 Å². The van der Waals surface area contributed by atoms with E-state index in [1.54, 1.807) is 0 Å². The van der Waals surface area contributed by atoms with Crippen LogP contribution in [0.4, 0.5) is 0 Å². The Morgan fingerprint density at radius 1 is 1.31 bits per heavy atom. The lowest BCUT2D eigenvalue weighted by Gasteiger charge is -2.30. The van der Waals surface area contributed by atoms with Gasteiger partial charge in [0.15, 0.2) is 0 Å². The van der Waals surface area contributed by atoms with Gasteiger partial charge in [0.25, 0.3) is 0 Å². The summed E-state index contributed by atoms with van der Waals surface area (Å²) in [6, 6.07) is 5.69. The maximum absolute atomic E-state index is 6.16. The molecule has 1 aromatic carbocycles. The molecule has 0 spiro atoms. The fourth-order valence-corrected chi connectivity index (χ4v) is 3.30. The lowest BCUT2D eigenvalue weighted by atomic mass is 10.1. The molecule has 4 heteroatoms. The third-order valence-corrected chi connectivity index (χ3v) is 4.35. The zero-order valence-electron chi connectivity index (χ0n) is 8.93. The Hall–Kier alpha value is 0.240. The van der Waals surface area contributed by atoms with Crippen LogP contribution in [-0.2, 0) is 6.54 Å². The predicted octanol–water partition coefficient (Wildman–Crippen LogP) is 4.35. The summed E-state index contributed by atoms with van der Waals surface area (Å²) in [5.41, 5.74) is 1.05. The first-order chi connectivity index (χ1) is 7.66. The zero-order chi connectivity index (χ0) is 11.5. The molecule has 1 aliphatic rings. The molecule has 1 unspecified atom stereocenters. The van der Waals surface area contributed by atoms with Crippen molar-refractivity contribution in [2.75, 3.05) is 13.1 Å². The lowest BCUT2D eigenvalue weighted by molar-refractivity contribution is 0.228. The SMILES string of the molecule is Clc1cccc(Cl)c1CN1CCCC(Br)C1. The summed E-state index contributed by atoms with van der Waals surface area (Å²) in [6.07, 6.45) is 2.49. The second-order valence-corrected chi connectivity index (χ2v) is 6.28. The molecule has 1 fully saturated rings. The number of halogens is 3. The van der Waals surface area contributed by atoms with Crippen molar-refractivity contribution in [1.29, 1.82) is 0 Å². The molecule has 1 aliphatic heterocycles. The number of rotatable bonds is 2. The maximum Gasteiger partial charge on any atom is 0.0465 e. The van der Waals surface area contributed by atoms with Crippen molar-refractivity contribution < 1.29 is 0 Å². The molecule has 88 valence electrons. The van der Waals surface area contributed by atoms with Gasteiger partial charge in [-0.25, -0.2) is 0 Å². The molecule has 0 amide bonds. The number of hydrogen-bond acceptors (Lipinski definition) is 1. The molecule has 16 heavy (non-hydrogen) atoms. The summed E-state index contributed by atoms with van der Waals surface area (Å²) < 4.78 is 0. The molecule has 1 saturated heterocycles. The molecule has 2 rings (SSSR count). The average Bonchev–Trinajstić information content (AvgIpc) is 2.24. The van der Waals surface area contributed by atoms with Crippen LogP contribution in [-0.4, -0.2) is 22.8 Å². The first-order valence-corrected chi connectivity index (χ1v) is 7.13. The van der Waals surface area contributed by atoms with Crippen LogP contribution in [0, 0.1) is 0 Å². The van der Waals surface area contributed by atoms with E-state index in [4.69, 9.17) is 23.2 Å². The van der Waals surface area contributed by atoms with Crippen LogP contribution in [0.2, 0.25) is 10.0 Å². The Kier molecular flexibility index (Phi) is 4.54. The van der Waals surface area contributed by atoms with E-state index in [-0.39, 0.29) is 0 Å². The van der Waals surface area contributed by atoms with Crippen LogP contribution in [0.3, 0.4) is 0 Å². The minimum absolute atomic E-state index is 0.600. The second-order valence-electron chi connectivity index (χ2n) is 4.17. The Morgan fingerprint density at radius 3 is 2.62 bits per heavy atom. The first kappa shape index (κ1) is 12.7. The average molecular weight is 323 g/mol. The molecule has 1 heterocycles. The topological polar surface area (TPSA) is 3.24 Å². The van der Waals surface area contributed by atoms with E-state index in [0.29, 0.717) is 4.83 Å². The number of likely N-dealkylation sites (tertiary alicyclic amines) is 1. The molecule has 0 radical (unpaired) electrons. The van der Waals surface area contributed by atoms with Crippen molar-refractivity contribution >= 4 is 39.1 Å². The zero-order valence-corrected chi connectivity index (χ0v) is 12.0. The monoisotopic (exact) mass is 321 g/mol. The third-order valence-electron chi connectivity index (χ3n) is 2.89. The van der Waals surface area contributed by atoms with E-state index in [0.717, 1.165) is 35.2 Å². The normalized spacial score (nSPS) is 22.3. The van der Waals surface area contributed by atoms with E-state index in [9.17, 15) is 0 Å². The number of benzene rings is 1. The van der Waals surface area contributed by atoms with E-state index in [2.05, 4.69) is 20.8 Å². The molecule has 0 bridgehead atoms. The highest BCUT2D eigenvalue weighted by Crippen LogP contribution is 2.27. The van der Waals surface area contributed by atoms with Crippen molar-refractivity contribution in [3.05, 3.63) is 33.8 Å². The molecule has 0 aromatic heterocycles. The van der Waals surface area contributed by atoms with Crippen molar-refractivity contribution in [3.8, 4) is 0 Å². The van der Waals surface area contributed by atoms with Gasteiger partial charge in [0.2, 0.25) is 0 Å². The van der Waals surface area contributed by atoms with Gasteiger partial charge in [-0.05, 0) is 31.5 Å². The fourth-order valence-electron chi connectivity index (χ4n) is 2.05. The molecule has 0 N–H and O–H groups in total. The summed E-state index contributed by atoms with van der Waals surface area (Å²) in [5, 5.41) is 1.54. The number of piperidine rings is 1. The highest BCUT2D eigenvalue weighted by Gasteiger charge is 2.19. The van der Waals surface area contributed by atoms with Gasteiger partial charge in [-0.15, -0.1) is 0 Å². The Morgan fingerprint density at radius 2 is 2.00 bits per heavy atom. The van der Waals surface area contributed by atoms with Gasteiger partial charge >= 0.3 is 0 Å². The largest absolute Gasteiger partial charge is 0.298 e. The van der Waals surface area contributed by atoms with Gasteiger partial charge in [-0.1, -0.05) is 45.2 Å². The van der Waals surface area contributed by atoms with Crippen molar-refractivity contribution in [2.24, 2.45) is 0 Å². The Labute approximate surface area is 115 Å². The van der Waals surface area contributed by atoms with Crippen LogP contribution in [0.5, 0.6) is 0 Å². The van der Waals surface area contributed by atoms with Crippen molar-refractivity contribution in [1.82, 2.24) is 4.90 Å². The van der Waals surface area contributed by atoms with Gasteiger partial charge in [0, 0.05) is 33.5 Å². The number of alkyl halides is 1. The Bertz CT molecular complexity index is 350. The van der Waals surface area contributed by atoms with Crippen LogP contribution < -0.4 is 0 Å². The molecule has 1 aromatic rings. The van der Waals surface area contributed by atoms with Crippen LogP contribution >= 0.6 is 39.1 Å². The lowest BCUT2D eigenvalue weighted by Crippen LogP contribution is -2.35. The molecule has 0 aliphatic carbocycles. The summed E-state index contributed by atoms with van der Waals surface area (Å²) >= 11 is 16.0. The Balaban J connectivity index is 2.08. The molecule has 0 saturated carbocycles. The second kappa shape index (κ2) is 5.72. The maximum atomic E-state index is 6.16. The summed E-state index contributed by atoms with van der Waals surface area (Å²) in [4.78, 5) is 3.00. The van der Waals surface area contributed by atoms with Gasteiger partial charge in [0.05, 0.1) is 0 Å². The third kappa shape index (κ3) is 3.13. The van der Waals surface area contributed by atoms with Gasteiger partial charge in [-0.2, -0.15) is 0 Å². The fraction of sp³-hybridized carbons (Fsp3) is 0.500. The molecule has 1 atom stereocenters. The summed E-state index contributed by atoms with van der Waals surface area (Å²) in [5.74, 6) is 0. The first-order valence-electron chi connectivity index (χ1n) is 5.46. The number of nitrogens with zero attached hydrogens (tertiary/aromatic N) is 1. The summed E-state index contributed by atoms with van der Waals surface area (Å²) in [7, 11) is 0. The van der Waals surface area contributed by atoms with Crippen LogP contribution in [0.15, 0.2) is 18.2 Å². The minimum Gasteiger partial charge on any atom is -0.298 e. The molecule has 1 nitrogen and oxygen atoms in total. The predicted molar refractivity (Wildman–Crippen MR) is 73.7 cm³/mol. The van der Waals surface area contributed by atoms with Crippen molar-refractivity contribution in [3.63, 3.8) is 0 Å². The minimum atomic E-state index is 0.600. The smallest absolute Gasteiger partial charge is 0.0465 e. The van der Waals surface area contributed by atoms with Gasteiger partial charge < -0.3 is 0 Å². The van der Waals surface area contributed by atoms with Gasteiger partial charge in [-0.3, -0.25) is 4.90 Å². The number of hydrogen-bond donors (Lipinski definition) is 0. The van der Waals surface area contributed by atoms with Crippen LogP contribution in [0.1, 0.15) is 18.4 Å². The van der Waals surface area contributed by atoms with Gasteiger partial charge in [0.1, 0.15) is 0 Å². The molecular weight excluding hydrogens is 309 g/mol. The highest BCUT2D eigenvalue weighted by molar-refractivity contribution is 9.09.